The fourth-order valence-corrected chi connectivity index (χ4v) is 2.42. The van der Waals surface area contributed by atoms with Crippen molar-refractivity contribution in [1.82, 2.24) is 10.2 Å². The number of nitrogens with one attached hydrogen (secondary N) is 1. The van der Waals surface area contributed by atoms with Gasteiger partial charge in [0.2, 0.25) is 0 Å². The van der Waals surface area contributed by atoms with Gasteiger partial charge in [0.15, 0.2) is 0 Å². The van der Waals surface area contributed by atoms with E-state index in [9.17, 15) is 0 Å². The van der Waals surface area contributed by atoms with Crippen LogP contribution in [0.5, 0.6) is 0 Å². The second kappa shape index (κ2) is 4.84. The first-order valence-electron chi connectivity index (χ1n) is 6.50. The zero-order valence-corrected chi connectivity index (χ0v) is 11.2. The van der Waals surface area contributed by atoms with E-state index in [-0.39, 0.29) is 0 Å². The van der Waals surface area contributed by atoms with Crippen LogP contribution in [0.4, 0.5) is 0 Å². The molecule has 0 radical (unpaired) electrons. The molecule has 2 heteroatoms. The number of rotatable bonds is 4. The molecule has 90 valence electrons. The van der Waals surface area contributed by atoms with Gasteiger partial charge in [0.1, 0.15) is 0 Å². The van der Waals surface area contributed by atoms with Gasteiger partial charge in [-0.25, -0.2) is 0 Å². The largest absolute Gasteiger partial charge is 0.309 e. The quantitative estimate of drug-likeness (QED) is 0.770. The van der Waals surface area contributed by atoms with Gasteiger partial charge in [-0.2, -0.15) is 0 Å². The molecule has 1 N–H and O–H groups in total. The van der Waals surface area contributed by atoms with E-state index in [1.54, 1.807) is 0 Å². The molecule has 0 aliphatic carbocycles. The average Bonchev–Trinajstić information content (AvgIpc) is 2.29. The zero-order valence-electron chi connectivity index (χ0n) is 11.2. The van der Waals surface area contributed by atoms with Gasteiger partial charge in [-0.3, -0.25) is 4.90 Å². The molecule has 2 nitrogen and oxygen atoms in total. The van der Waals surface area contributed by atoms with Crippen LogP contribution in [0.3, 0.4) is 0 Å². The lowest BCUT2D eigenvalue weighted by atomic mass is 9.87. The van der Waals surface area contributed by atoms with Gasteiger partial charge >= 0.3 is 0 Å². The van der Waals surface area contributed by atoms with E-state index in [0.717, 1.165) is 6.54 Å². The van der Waals surface area contributed by atoms with Gasteiger partial charge in [-0.15, -0.1) is 0 Å². The molecule has 0 amide bonds. The lowest BCUT2D eigenvalue weighted by Crippen LogP contribution is -2.64. The van der Waals surface area contributed by atoms with Crippen molar-refractivity contribution in [3.8, 4) is 0 Å². The van der Waals surface area contributed by atoms with Crippen molar-refractivity contribution in [1.29, 1.82) is 0 Å². The maximum atomic E-state index is 3.72. The highest BCUT2D eigenvalue weighted by Gasteiger charge is 2.36. The van der Waals surface area contributed by atoms with Gasteiger partial charge in [-0.1, -0.05) is 20.8 Å². The normalized spacial score (nSPS) is 23.0. The van der Waals surface area contributed by atoms with E-state index in [4.69, 9.17) is 0 Å². The molecule has 1 saturated heterocycles. The monoisotopic (exact) mass is 212 g/mol. The Morgan fingerprint density at radius 1 is 1.20 bits per heavy atom. The molecule has 15 heavy (non-hydrogen) atoms. The topological polar surface area (TPSA) is 15.3 Å². The van der Waals surface area contributed by atoms with Crippen LogP contribution >= 0.6 is 0 Å². The molecule has 0 aromatic heterocycles. The molecule has 1 aliphatic rings. The molecule has 1 fully saturated rings. The lowest BCUT2D eigenvalue weighted by Gasteiger charge is -2.49. The summed E-state index contributed by atoms with van der Waals surface area (Å²) in [5.41, 5.74) is 0.725. The summed E-state index contributed by atoms with van der Waals surface area (Å²) in [5.74, 6) is 0. The summed E-state index contributed by atoms with van der Waals surface area (Å²) in [6, 6.07) is 0. The third-order valence-electron chi connectivity index (χ3n) is 4.45. The molecule has 0 bridgehead atoms. The molecule has 0 spiro atoms. The van der Waals surface area contributed by atoms with Crippen molar-refractivity contribution in [3.63, 3.8) is 0 Å². The standard InChI is InChI=1S/C13H28N2/c1-6-12(4,5)15-10-9-14-13(7-2,8-3)11-15/h14H,6-11H2,1-5H3. The fourth-order valence-electron chi connectivity index (χ4n) is 2.42. The summed E-state index contributed by atoms with van der Waals surface area (Å²) in [5, 5.41) is 3.72. The first kappa shape index (κ1) is 13.0. The Morgan fingerprint density at radius 3 is 2.27 bits per heavy atom. The van der Waals surface area contributed by atoms with Crippen molar-refractivity contribution >= 4 is 0 Å². The van der Waals surface area contributed by atoms with Crippen LogP contribution in [0.15, 0.2) is 0 Å². The Labute approximate surface area is 95.4 Å². The molecular formula is C13H28N2. The minimum atomic E-state index is 0.359. The number of nitrogens with zero attached hydrogens (tertiary/aromatic N) is 1. The first-order chi connectivity index (χ1) is 6.99. The minimum Gasteiger partial charge on any atom is -0.309 e. The Kier molecular flexibility index (Phi) is 4.19. The predicted octanol–water partition coefficient (Wildman–Crippen LogP) is 2.64. The molecule has 0 saturated carbocycles. The molecule has 1 aliphatic heterocycles. The summed E-state index contributed by atoms with van der Waals surface area (Å²) in [4.78, 5) is 2.66. The number of hydrogen-bond donors (Lipinski definition) is 1. The highest BCUT2D eigenvalue weighted by molar-refractivity contribution is 4.96. The Hall–Kier alpha value is -0.0800. The van der Waals surface area contributed by atoms with Crippen LogP contribution in [-0.4, -0.2) is 35.6 Å². The molecule has 1 rings (SSSR count). The number of piperazine rings is 1. The third kappa shape index (κ3) is 2.73. The van der Waals surface area contributed by atoms with Crippen LogP contribution in [0.1, 0.15) is 53.9 Å². The van der Waals surface area contributed by atoms with Gasteiger partial charge in [0, 0.05) is 30.7 Å². The van der Waals surface area contributed by atoms with E-state index in [2.05, 4.69) is 44.8 Å². The fraction of sp³-hybridized carbons (Fsp3) is 1.00. The van der Waals surface area contributed by atoms with Crippen LogP contribution in [0.2, 0.25) is 0 Å². The van der Waals surface area contributed by atoms with Crippen molar-refractivity contribution in [3.05, 3.63) is 0 Å². The molecule has 0 atom stereocenters. The molecule has 1 heterocycles. The summed E-state index contributed by atoms with van der Waals surface area (Å²) in [6.45, 7) is 15.2. The molecule has 0 aromatic carbocycles. The second-order valence-electron chi connectivity index (χ2n) is 5.50. The van der Waals surface area contributed by atoms with E-state index in [1.807, 2.05) is 0 Å². The van der Waals surface area contributed by atoms with Crippen molar-refractivity contribution in [2.45, 2.75) is 65.0 Å². The molecule has 0 aromatic rings. The SMILES string of the molecule is CCC1(CC)CN(C(C)(C)CC)CCN1. The Bertz CT molecular complexity index is 195. The smallest absolute Gasteiger partial charge is 0.0304 e. The van der Waals surface area contributed by atoms with E-state index in [0.29, 0.717) is 11.1 Å². The lowest BCUT2D eigenvalue weighted by molar-refractivity contribution is 0.0394. The van der Waals surface area contributed by atoms with E-state index >= 15 is 0 Å². The van der Waals surface area contributed by atoms with E-state index < -0.39 is 0 Å². The van der Waals surface area contributed by atoms with Gasteiger partial charge in [0.05, 0.1) is 0 Å². The van der Waals surface area contributed by atoms with Crippen LogP contribution in [0, 0.1) is 0 Å². The highest BCUT2D eigenvalue weighted by atomic mass is 15.3. The molecule has 0 unspecified atom stereocenters. The van der Waals surface area contributed by atoms with Crippen LogP contribution in [0.25, 0.3) is 0 Å². The van der Waals surface area contributed by atoms with Crippen LogP contribution in [-0.2, 0) is 0 Å². The minimum absolute atomic E-state index is 0.359. The highest BCUT2D eigenvalue weighted by Crippen LogP contribution is 2.26. The summed E-state index contributed by atoms with van der Waals surface area (Å²) < 4.78 is 0. The maximum absolute atomic E-state index is 3.72. The predicted molar refractivity (Wildman–Crippen MR) is 67.3 cm³/mol. The maximum Gasteiger partial charge on any atom is 0.0304 e. The summed E-state index contributed by atoms with van der Waals surface area (Å²) >= 11 is 0. The van der Waals surface area contributed by atoms with Gasteiger partial charge in [-0.05, 0) is 33.1 Å². The molecular weight excluding hydrogens is 184 g/mol. The van der Waals surface area contributed by atoms with Crippen molar-refractivity contribution in [2.75, 3.05) is 19.6 Å². The Balaban J connectivity index is 2.71. The second-order valence-corrected chi connectivity index (χ2v) is 5.50. The summed E-state index contributed by atoms with van der Waals surface area (Å²) in [6.07, 6.45) is 3.70. The Morgan fingerprint density at radius 2 is 1.80 bits per heavy atom. The average molecular weight is 212 g/mol. The van der Waals surface area contributed by atoms with Crippen molar-refractivity contribution < 1.29 is 0 Å². The van der Waals surface area contributed by atoms with Gasteiger partial charge in [0.25, 0.3) is 0 Å². The van der Waals surface area contributed by atoms with Crippen molar-refractivity contribution in [2.24, 2.45) is 0 Å². The van der Waals surface area contributed by atoms with Crippen LogP contribution < -0.4 is 5.32 Å². The number of hydrogen-bond acceptors (Lipinski definition) is 2. The van der Waals surface area contributed by atoms with Gasteiger partial charge < -0.3 is 5.32 Å². The van der Waals surface area contributed by atoms with E-state index in [1.165, 1.54) is 32.4 Å². The third-order valence-corrected chi connectivity index (χ3v) is 4.45. The summed E-state index contributed by atoms with van der Waals surface area (Å²) in [7, 11) is 0. The zero-order chi connectivity index (χ0) is 11.5. The first-order valence-corrected chi connectivity index (χ1v) is 6.50.